The van der Waals surface area contributed by atoms with Crippen LogP contribution < -0.4 is 5.32 Å². The van der Waals surface area contributed by atoms with Crippen molar-refractivity contribution in [3.63, 3.8) is 0 Å². The minimum absolute atomic E-state index is 0.187. The van der Waals surface area contributed by atoms with Crippen molar-refractivity contribution < 1.29 is 19.1 Å². The average molecular weight is 532 g/mol. The third-order valence-electron chi connectivity index (χ3n) is 7.33. The molecule has 5 aromatic rings. The summed E-state index contributed by atoms with van der Waals surface area (Å²) in [4.78, 5) is 28.0. The van der Waals surface area contributed by atoms with E-state index < -0.39 is 6.09 Å². The van der Waals surface area contributed by atoms with Crippen molar-refractivity contribution in [3.8, 4) is 22.5 Å². The number of benzene rings is 4. The highest BCUT2D eigenvalue weighted by Crippen LogP contribution is 2.33. The zero-order valence-corrected chi connectivity index (χ0v) is 21.9. The minimum atomic E-state index is -0.860. The van der Waals surface area contributed by atoms with E-state index in [2.05, 4.69) is 16.3 Å². The molecule has 40 heavy (non-hydrogen) atoms. The van der Waals surface area contributed by atoms with Gasteiger partial charge in [0.05, 0.1) is 5.69 Å². The standard InChI is InChI=1S/C33H29N3O4/c37-32(26-14-12-25(13-15-26)24-6-2-1-3-7-24)34-29-9-5-4-8-28(29)31-21-27-11-10-23(20-30(27)40-31)22-35-16-18-36(19-17-35)33(38)39/h1-15,20-21H,16-19,22H2,(H,34,37)(H,38,39). The van der Waals surface area contributed by atoms with Gasteiger partial charge in [-0.1, -0.05) is 66.7 Å². The lowest BCUT2D eigenvalue weighted by atomic mass is 10.0. The molecule has 1 saturated heterocycles. The molecule has 1 aliphatic rings. The number of rotatable bonds is 6. The minimum Gasteiger partial charge on any atom is -0.465 e. The molecule has 0 radical (unpaired) electrons. The molecule has 7 heteroatoms. The molecule has 200 valence electrons. The molecule has 7 nitrogen and oxygen atoms in total. The second kappa shape index (κ2) is 11.1. The number of hydrogen-bond donors (Lipinski definition) is 2. The van der Waals surface area contributed by atoms with Crippen LogP contribution in [0, 0.1) is 0 Å². The van der Waals surface area contributed by atoms with Crippen LogP contribution in [-0.4, -0.2) is 53.1 Å². The third kappa shape index (κ3) is 5.46. The largest absolute Gasteiger partial charge is 0.465 e. The van der Waals surface area contributed by atoms with Crippen LogP contribution in [-0.2, 0) is 6.54 Å². The monoisotopic (exact) mass is 531 g/mol. The Bertz CT molecular complexity index is 1650. The van der Waals surface area contributed by atoms with Gasteiger partial charge < -0.3 is 19.7 Å². The van der Waals surface area contributed by atoms with Gasteiger partial charge in [0.25, 0.3) is 5.91 Å². The normalized spacial score (nSPS) is 13.8. The third-order valence-corrected chi connectivity index (χ3v) is 7.33. The van der Waals surface area contributed by atoms with E-state index in [1.54, 1.807) is 0 Å². The Morgan fingerprint density at radius 1 is 0.775 bits per heavy atom. The Balaban J connectivity index is 1.17. The summed E-state index contributed by atoms with van der Waals surface area (Å²) in [6.45, 7) is 3.17. The summed E-state index contributed by atoms with van der Waals surface area (Å²) >= 11 is 0. The molecule has 2 amide bonds. The number of piperazine rings is 1. The molecule has 2 N–H and O–H groups in total. The van der Waals surface area contributed by atoms with Crippen molar-refractivity contribution in [2.45, 2.75) is 6.54 Å². The fourth-order valence-electron chi connectivity index (χ4n) is 5.11. The first-order chi connectivity index (χ1) is 19.5. The number of nitrogens with one attached hydrogen (secondary N) is 1. The predicted octanol–water partition coefficient (Wildman–Crippen LogP) is 6.81. The number of para-hydroxylation sites is 1. The highest BCUT2D eigenvalue weighted by atomic mass is 16.4. The lowest BCUT2D eigenvalue weighted by Gasteiger charge is -2.33. The lowest BCUT2D eigenvalue weighted by Crippen LogP contribution is -2.47. The van der Waals surface area contributed by atoms with Crippen LogP contribution in [0.3, 0.4) is 0 Å². The lowest BCUT2D eigenvalue weighted by molar-refractivity contribution is 0.102. The molecule has 4 aromatic carbocycles. The van der Waals surface area contributed by atoms with Crippen LogP contribution in [0.1, 0.15) is 15.9 Å². The number of carboxylic acid groups (broad SMARTS) is 1. The highest BCUT2D eigenvalue weighted by Gasteiger charge is 2.21. The maximum atomic E-state index is 13.1. The van der Waals surface area contributed by atoms with Crippen molar-refractivity contribution in [1.29, 1.82) is 0 Å². The Morgan fingerprint density at radius 2 is 1.48 bits per heavy atom. The van der Waals surface area contributed by atoms with E-state index in [1.807, 2.05) is 97.1 Å². The first kappa shape index (κ1) is 25.4. The Kier molecular flexibility index (Phi) is 7.04. The molecular formula is C33H29N3O4. The van der Waals surface area contributed by atoms with Crippen molar-refractivity contribution >= 4 is 28.7 Å². The molecule has 1 aliphatic heterocycles. The second-order valence-corrected chi connectivity index (χ2v) is 9.97. The van der Waals surface area contributed by atoms with Gasteiger partial charge in [0, 0.05) is 49.2 Å². The summed E-state index contributed by atoms with van der Waals surface area (Å²) in [7, 11) is 0. The zero-order chi connectivity index (χ0) is 27.5. The molecular weight excluding hydrogens is 502 g/mol. The van der Waals surface area contributed by atoms with E-state index >= 15 is 0 Å². The van der Waals surface area contributed by atoms with E-state index in [0.717, 1.165) is 39.8 Å². The molecule has 0 saturated carbocycles. The number of carbonyl (C=O) groups excluding carboxylic acids is 1. The van der Waals surface area contributed by atoms with E-state index in [1.165, 1.54) is 4.90 Å². The Morgan fingerprint density at radius 3 is 2.23 bits per heavy atom. The molecule has 2 heterocycles. The first-order valence-corrected chi connectivity index (χ1v) is 13.3. The number of furan rings is 1. The van der Waals surface area contributed by atoms with Gasteiger partial charge in [-0.2, -0.15) is 0 Å². The smallest absolute Gasteiger partial charge is 0.407 e. The summed E-state index contributed by atoms with van der Waals surface area (Å²) < 4.78 is 6.27. The highest BCUT2D eigenvalue weighted by molar-refractivity contribution is 6.06. The molecule has 0 atom stereocenters. The van der Waals surface area contributed by atoms with Gasteiger partial charge in [0.2, 0.25) is 0 Å². The Hall–Kier alpha value is -4.88. The number of amides is 2. The first-order valence-electron chi connectivity index (χ1n) is 13.3. The summed E-state index contributed by atoms with van der Waals surface area (Å²) in [5.74, 6) is 0.492. The van der Waals surface area contributed by atoms with E-state index in [0.29, 0.717) is 43.2 Å². The van der Waals surface area contributed by atoms with E-state index in [9.17, 15) is 14.7 Å². The van der Waals surface area contributed by atoms with Gasteiger partial charge in [-0.15, -0.1) is 0 Å². The van der Waals surface area contributed by atoms with Crippen LogP contribution in [0.25, 0.3) is 33.4 Å². The number of carbonyl (C=O) groups is 2. The van der Waals surface area contributed by atoms with Gasteiger partial charge in [0.1, 0.15) is 11.3 Å². The molecule has 6 rings (SSSR count). The van der Waals surface area contributed by atoms with Gasteiger partial charge in [0.15, 0.2) is 0 Å². The van der Waals surface area contributed by atoms with Crippen molar-refractivity contribution in [3.05, 3.63) is 114 Å². The van der Waals surface area contributed by atoms with Crippen molar-refractivity contribution in [1.82, 2.24) is 9.80 Å². The molecule has 0 spiro atoms. The topological polar surface area (TPSA) is 86.0 Å². The maximum absolute atomic E-state index is 13.1. The Labute approximate surface area is 232 Å². The molecule has 0 aliphatic carbocycles. The van der Waals surface area contributed by atoms with E-state index in [-0.39, 0.29) is 5.91 Å². The molecule has 0 bridgehead atoms. The summed E-state index contributed by atoms with van der Waals surface area (Å²) in [5.41, 5.74) is 6.10. The number of anilines is 1. The van der Waals surface area contributed by atoms with Crippen LogP contribution in [0.2, 0.25) is 0 Å². The molecule has 1 fully saturated rings. The number of hydrogen-bond acceptors (Lipinski definition) is 4. The number of fused-ring (bicyclic) bond motifs is 1. The van der Waals surface area contributed by atoms with Gasteiger partial charge in [-0.3, -0.25) is 9.69 Å². The van der Waals surface area contributed by atoms with Gasteiger partial charge in [-0.25, -0.2) is 4.79 Å². The van der Waals surface area contributed by atoms with Crippen LogP contribution >= 0.6 is 0 Å². The van der Waals surface area contributed by atoms with Crippen LogP contribution in [0.4, 0.5) is 10.5 Å². The number of nitrogens with zero attached hydrogens (tertiary/aromatic N) is 2. The molecule has 0 unspecified atom stereocenters. The van der Waals surface area contributed by atoms with Gasteiger partial charge in [-0.05, 0) is 53.1 Å². The van der Waals surface area contributed by atoms with Crippen LogP contribution in [0.5, 0.6) is 0 Å². The average Bonchev–Trinajstić information content (AvgIpc) is 3.41. The fourth-order valence-corrected chi connectivity index (χ4v) is 5.11. The fraction of sp³-hybridized carbons (Fsp3) is 0.152. The zero-order valence-electron chi connectivity index (χ0n) is 21.9. The van der Waals surface area contributed by atoms with Crippen LogP contribution in [0.15, 0.2) is 108 Å². The predicted molar refractivity (Wildman–Crippen MR) is 156 cm³/mol. The van der Waals surface area contributed by atoms with Crippen molar-refractivity contribution in [2.75, 3.05) is 31.5 Å². The summed E-state index contributed by atoms with van der Waals surface area (Å²) in [6, 6.07) is 33.4. The summed E-state index contributed by atoms with van der Waals surface area (Å²) in [6.07, 6.45) is -0.860. The second-order valence-electron chi connectivity index (χ2n) is 9.97. The van der Waals surface area contributed by atoms with Gasteiger partial charge >= 0.3 is 6.09 Å². The molecule has 1 aromatic heterocycles. The van der Waals surface area contributed by atoms with Crippen molar-refractivity contribution in [2.24, 2.45) is 0 Å². The SMILES string of the molecule is O=C(Nc1ccccc1-c1cc2ccc(CN3CCN(C(=O)O)CC3)cc2o1)c1ccc(-c2ccccc2)cc1. The van der Waals surface area contributed by atoms with E-state index in [4.69, 9.17) is 4.42 Å². The summed E-state index contributed by atoms with van der Waals surface area (Å²) in [5, 5.41) is 13.2. The maximum Gasteiger partial charge on any atom is 0.407 e. The quantitative estimate of drug-likeness (QED) is 0.251.